The van der Waals surface area contributed by atoms with Gasteiger partial charge in [-0.15, -0.1) is 0 Å². The molecule has 0 amide bonds. The Labute approximate surface area is 112 Å². The van der Waals surface area contributed by atoms with Crippen molar-refractivity contribution in [2.45, 2.75) is 39.2 Å². The lowest BCUT2D eigenvalue weighted by Crippen LogP contribution is -2.40. The highest BCUT2D eigenvalue weighted by molar-refractivity contribution is 9.10. The minimum atomic E-state index is -0.259. The van der Waals surface area contributed by atoms with Crippen LogP contribution in [0, 0.1) is 6.92 Å². The number of anilines is 2. The van der Waals surface area contributed by atoms with Crippen LogP contribution in [0.1, 0.15) is 32.3 Å². The largest absolute Gasteiger partial charge is 0.398 e. The number of nitrogen functional groups attached to an aromatic ring is 1. The zero-order valence-corrected chi connectivity index (χ0v) is 12.3. The first-order valence-electron chi connectivity index (χ1n) is 5.92. The second-order valence-electron chi connectivity index (χ2n) is 4.46. The van der Waals surface area contributed by atoms with Gasteiger partial charge in [0.05, 0.1) is 12.1 Å². The van der Waals surface area contributed by atoms with Crippen molar-refractivity contribution < 1.29 is 5.11 Å². The zero-order chi connectivity index (χ0) is 13.1. The van der Waals surface area contributed by atoms with E-state index in [0.29, 0.717) is 0 Å². The molecule has 0 atom stereocenters. The molecular weight excluding hydrogens is 280 g/mol. The average molecular weight is 301 g/mol. The van der Waals surface area contributed by atoms with Gasteiger partial charge < -0.3 is 16.2 Å². The molecule has 1 aromatic carbocycles. The second-order valence-corrected chi connectivity index (χ2v) is 5.31. The summed E-state index contributed by atoms with van der Waals surface area (Å²) in [5, 5.41) is 13.0. The van der Waals surface area contributed by atoms with E-state index in [9.17, 15) is 5.11 Å². The molecule has 0 spiro atoms. The predicted molar refractivity (Wildman–Crippen MR) is 77.3 cm³/mol. The maximum Gasteiger partial charge on any atom is 0.0661 e. The van der Waals surface area contributed by atoms with Crippen LogP contribution in [0.5, 0.6) is 0 Å². The highest BCUT2D eigenvalue weighted by Gasteiger charge is 2.25. The van der Waals surface area contributed by atoms with Gasteiger partial charge in [0.1, 0.15) is 0 Å². The maximum atomic E-state index is 9.55. The topological polar surface area (TPSA) is 58.3 Å². The molecule has 17 heavy (non-hydrogen) atoms. The molecule has 0 radical (unpaired) electrons. The first-order chi connectivity index (χ1) is 7.98. The van der Waals surface area contributed by atoms with E-state index in [0.717, 1.165) is 34.3 Å². The Balaban J connectivity index is 3.05. The van der Waals surface area contributed by atoms with Crippen LogP contribution < -0.4 is 11.1 Å². The third-order valence-electron chi connectivity index (χ3n) is 3.41. The van der Waals surface area contributed by atoms with E-state index in [4.69, 9.17) is 5.73 Å². The van der Waals surface area contributed by atoms with E-state index >= 15 is 0 Å². The van der Waals surface area contributed by atoms with Crippen molar-refractivity contribution in [3.05, 3.63) is 22.2 Å². The minimum absolute atomic E-state index is 0.121. The van der Waals surface area contributed by atoms with Gasteiger partial charge in [0.2, 0.25) is 0 Å². The van der Waals surface area contributed by atoms with Gasteiger partial charge in [-0.2, -0.15) is 0 Å². The van der Waals surface area contributed by atoms with Crippen molar-refractivity contribution in [1.82, 2.24) is 0 Å². The molecule has 96 valence electrons. The zero-order valence-electron chi connectivity index (χ0n) is 10.7. The number of aliphatic hydroxyl groups is 1. The Hall–Kier alpha value is -0.740. The van der Waals surface area contributed by atoms with E-state index in [1.54, 1.807) is 0 Å². The number of aryl methyl sites for hydroxylation is 1. The Morgan fingerprint density at radius 1 is 1.35 bits per heavy atom. The lowest BCUT2D eigenvalue weighted by molar-refractivity contribution is 0.202. The van der Waals surface area contributed by atoms with Crippen molar-refractivity contribution in [3.8, 4) is 0 Å². The summed E-state index contributed by atoms with van der Waals surface area (Å²) >= 11 is 3.50. The van der Waals surface area contributed by atoms with Gasteiger partial charge >= 0.3 is 0 Å². The molecule has 4 heteroatoms. The number of nitrogens with two attached hydrogens (primary N) is 1. The molecule has 0 aliphatic carbocycles. The van der Waals surface area contributed by atoms with E-state index in [2.05, 4.69) is 35.1 Å². The molecule has 3 nitrogen and oxygen atoms in total. The number of halogens is 1. The highest BCUT2D eigenvalue weighted by Crippen LogP contribution is 2.31. The van der Waals surface area contributed by atoms with Crippen molar-refractivity contribution in [3.63, 3.8) is 0 Å². The number of hydrogen-bond acceptors (Lipinski definition) is 3. The van der Waals surface area contributed by atoms with Crippen molar-refractivity contribution in [2.24, 2.45) is 0 Å². The van der Waals surface area contributed by atoms with Crippen LogP contribution in [0.15, 0.2) is 16.6 Å². The summed E-state index contributed by atoms with van der Waals surface area (Å²) < 4.78 is 0.931. The Bertz CT molecular complexity index is 381. The molecule has 0 fully saturated rings. The van der Waals surface area contributed by atoms with Crippen LogP contribution in [-0.2, 0) is 0 Å². The van der Waals surface area contributed by atoms with E-state index in [1.165, 1.54) is 0 Å². The summed E-state index contributed by atoms with van der Waals surface area (Å²) in [7, 11) is 0. The van der Waals surface area contributed by atoms with E-state index < -0.39 is 0 Å². The fraction of sp³-hybridized carbons (Fsp3) is 0.538. The van der Waals surface area contributed by atoms with Crippen LogP contribution in [0.4, 0.5) is 11.4 Å². The summed E-state index contributed by atoms with van der Waals surface area (Å²) in [6, 6.07) is 3.90. The van der Waals surface area contributed by atoms with Crippen LogP contribution in [0.25, 0.3) is 0 Å². The molecular formula is C13H21BrN2O. The molecule has 0 bridgehead atoms. The van der Waals surface area contributed by atoms with Gasteiger partial charge in [-0.1, -0.05) is 13.8 Å². The first kappa shape index (κ1) is 14.3. The summed E-state index contributed by atoms with van der Waals surface area (Å²) in [5.41, 5.74) is 8.37. The number of rotatable bonds is 5. The van der Waals surface area contributed by atoms with Crippen LogP contribution in [-0.4, -0.2) is 17.3 Å². The Kier molecular flexibility index (Phi) is 4.83. The normalized spacial score (nSPS) is 11.6. The molecule has 0 unspecified atom stereocenters. The van der Waals surface area contributed by atoms with Crippen molar-refractivity contribution in [2.75, 3.05) is 17.7 Å². The third-order valence-corrected chi connectivity index (χ3v) is 4.07. The highest BCUT2D eigenvalue weighted by atomic mass is 79.9. The molecule has 0 aliphatic heterocycles. The van der Waals surface area contributed by atoms with Gasteiger partial charge in [0.25, 0.3) is 0 Å². The molecule has 1 rings (SSSR count). The summed E-state index contributed by atoms with van der Waals surface area (Å²) in [4.78, 5) is 0. The maximum absolute atomic E-state index is 9.55. The lowest BCUT2D eigenvalue weighted by atomic mass is 9.93. The summed E-state index contributed by atoms with van der Waals surface area (Å²) in [6.45, 7) is 6.25. The monoisotopic (exact) mass is 300 g/mol. The molecule has 0 saturated carbocycles. The van der Waals surface area contributed by atoms with Crippen molar-refractivity contribution in [1.29, 1.82) is 0 Å². The van der Waals surface area contributed by atoms with Gasteiger partial charge in [-0.25, -0.2) is 0 Å². The molecule has 0 aromatic heterocycles. The van der Waals surface area contributed by atoms with E-state index in [1.807, 2.05) is 19.1 Å². The number of nitrogens with one attached hydrogen (secondary N) is 1. The lowest BCUT2D eigenvalue weighted by Gasteiger charge is -2.32. The number of hydrogen-bond donors (Lipinski definition) is 3. The molecule has 0 aliphatic rings. The van der Waals surface area contributed by atoms with E-state index in [-0.39, 0.29) is 12.1 Å². The standard InChI is InChI=1S/C13H21BrN2O/c1-4-13(5-2,8-17)16-12-6-9(3)11(15)7-10(12)14/h6-7,16-17H,4-5,8,15H2,1-3H3. The van der Waals surface area contributed by atoms with Crippen LogP contribution >= 0.6 is 15.9 Å². The number of aliphatic hydroxyl groups excluding tert-OH is 1. The fourth-order valence-corrected chi connectivity index (χ4v) is 2.23. The van der Waals surface area contributed by atoms with Crippen LogP contribution in [0.3, 0.4) is 0 Å². The van der Waals surface area contributed by atoms with Crippen molar-refractivity contribution >= 4 is 27.3 Å². The molecule has 0 heterocycles. The SMILES string of the molecule is CCC(CC)(CO)Nc1cc(C)c(N)cc1Br. The molecule has 4 N–H and O–H groups in total. The smallest absolute Gasteiger partial charge is 0.0661 e. The van der Waals surface area contributed by atoms with Gasteiger partial charge in [0.15, 0.2) is 0 Å². The predicted octanol–water partition coefficient (Wildman–Crippen LogP) is 3.30. The number of benzene rings is 1. The fourth-order valence-electron chi connectivity index (χ4n) is 1.77. The quantitative estimate of drug-likeness (QED) is 0.731. The Morgan fingerprint density at radius 3 is 2.41 bits per heavy atom. The van der Waals surface area contributed by atoms with Gasteiger partial charge in [0, 0.05) is 15.8 Å². The third kappa shape index (κ3) is 3.13. The Morgan fingerprint density at radius 2 is 1.94 bits per heavy atom. The second kappa shape index (κ2) is 5.74. The molecule has 1 aromatic rings. The van der Waals surface area contributed by atoms with Gasteiger partial charge in [-0.05, 0) is 53.4 Å². The summed E-state index contributed by atoms with van der Waals surface area (Å²) in [5.74, 6) is 0. The summed E-state index contributed by atoms with van der Waals surface area (Å²) in [6.07, 6.45) is 1.74. The van der Waals surface area contributed by atoms with Gasteiger partial charge in [-0.3, -0.25) is 0 Å². The van der Waals surface area contributed by atoms with Crippen LogP contribution in [0.2, 0.25) is 0 Å². The average Bonchev–Trinajstić information content (AvgIpc) is 2.33. The minimum Gasteiger partial charge on any atom is -0.398 e. The first-order valence-corrected chi connectivity index (χ1v) is 6.72. The molecule has 0 saturated heterocycles.